The van der Waals surface area contributed by atoms with Crippen molar-refractivity contribution in [2.45, 2.75) is 5.92 Å². The summed E-state index contributed by atoms with van der Waals surface area (Å²) in [4.78, 5) is 0. The number of rotatable bonds is 1. The Morgan fingerprint density at radius 1 is 0.889 bits per heavy atom. The Balaban J connectivity index is 0.000000810. The van der Waals surface area contributed by atoms with Gasteiger partial charge in [0.2, 0.25) is 0 Å². The van der Waals surface area contributed by atoms with Crippen LogP contribution in [-0.2, 0) is 18.6 Å². The first kappa shape index (κ1) is 14.7. The number of hydrogen-bond acceptors (Lipinski definition) is 0. The van der Waals surface area contributed by atoms with Crippen molar-refractivity contribution in [2.75, 3.05) is 0 Å². The molecule has 0 saturated heterocycles. The zero-order valence-corrected chi connectivity index (χ0v) is 11.8. The first-order valence-electron chi connectivity index (χ1n) is 5.45. The summed E-state index contributed by atoms with van der Waals surface area (Å²) >= 11 is 0. The van der Waals surface area contributed by atoms with Gasteiger partial charge in [-0.15, -0.1) is 40.8 Å². The van der Waals surface area contributed by atoms with Crippen LogP contribution < -0.4 is 0 Å². The number of benzene rings is 2. The van der Waals surface area contributed by atoms with E-state index < -0.39 is 0 Å². The molecule has 1 radical (unpaired) electrons. The van der Waals surface area contributed by atoms with E-state index in [0.29, 0.717) is 0 Å². The van der Waals surface area contributed by atoms with E-state index in [1.54, 1.807) is 0 Å². The standard InChI is InChI=1S/C16H12.CH3.V/c1-2-14-15-9-5-3-7-12(15)11-13-8-4-6-10-16(13)14;;/h3-11,14H,1H2;1H3;/q-2;-1;. The summed E-state index contributed by atoms with van der Waals surface area (Å²) in [7, 11) is 0. The van der Waals surface area contributed by atoms with Crippen LogP contribution in [0.3, 0.4) is 0 Å². The fraction of sp³-hybridized carbons (Fsp3) is 0.0588. The van der Waals surface area contributed by atoms with Crippen LogP contribution in [0.1, 0.15) is 28.2 Å². The predicted molar refractivity (Wildman–Crippen MR) is 72.5 cm³/mol. The van der Waals surface area contributed by atoms with Crippen molar-refractivity contribution in [3.63, 3.8) is 0 Å². The topological polar surface area (TPSA) is 0 Å². The number of fused-ring (bicyclic) bond motifs is 2. The van der Waals surface area contributed by atoms with Gasteiger partial charge in [-0.25, -0.2) is 0 Å². The van der Waals surface area contributed by atoms with Crippen molar-refractivity contribution in [3.05, 3.63) is 97.3 Å². The molecule has 0 heterocycles. The molecule has 91 valence electrons. The molecular weight excluding hydrogens is 255 g/mol. The maximum atomic E-state index is 3.84. The second kappa shape index (κ2) is 5.99. The second-order valence-corrected chi connectivity index (χ2v) is 4.04. The molecule has 0 spiro atoms. The second-order valence-electron chi connectivity index (χ2n) is 4.04. The minimum Gasteiger partial charge on any atom is -0.506 e. The van der Waals surface area contributed by atoms with Gasteiger partial charge >= 0.3 is 0 Å². The van der Waals surface area contributed by atoms with Crippen LogP contribution in [0.4, 0.5) is 0 Å². The SMILES string of the molecule is C=[C-]C1c2ccccc2[CH-]c2ccccc21.[CH3-].[V]. The van der Waals surface area contributed by atoms with Gasteiger partial charge in [-0.2, -0.15) is 5.92 Å². The molecule has 0 N–H and O–H groups in total. The van der Waals surface area contributed by atoms with Crippen LogP contribution in [-0.4, -0.2) is 0 Å². The summed E-state index contributed by atoms with van der Waals surface area (Å²) in [5, 5.41) is 0. The van der Waals surface area contributed by atoms with Crippen LogP contribution in [0.2, 0.25) is 0 Å². The zero-order chi connectivity index (χ0) is 11.0. The van der Waals surface area contributed by atoms with E-state index in [2.05, 4.69) is 67.6 Å². The van der Waals surface area contributed by atoms with E-state index in [1.807, 2.05) is 0 Å². The predicted octanol–water partition coefficient (Wildman–Crippen LogP) is 4.17. The molecule has 0 aliphatic heterocycles. The third-order valence-electron chi connectivity index (χ3n) is 3.13. The molecule has 0 unspecified atom stereocenters. The summed E-state index contributed by atoms with van der Waals surface area (Å²) in [6, 6.07) is 16.9. The first-order valence-corrected chi connectivity index (χ1v) is 5.45. The third-order valence-corrected chi connectivity index (χ3v) is 3.13. The van der Waals surface area contributed by atoms with Gasteiger partial charge in [-0.3, -0.25) is 6.58 Å². The summed E-state index contributed by atoms with van der Waals surface area (Å²) in [5.74, 6) is 0.206. The minimum absolute atomic E-state index is 0. The van der Waals surface area contributed by atoms with Gasteiger partial charge in [0.05, 0.1) is 0 Å². The normalized spacial score (nSPS) is 12.0. The molecule has 1 aliphatic rings. The van der Waals surface area contributed by atoms with Gasteiger partial charge in [0.15, 0.2) is 0 Å². The molecule has 1 heteroatoms. The molecule has 0 aromatic heterocycles. The van der Waals surface area contributed by atoms with Gasteiger partial charge in [-0.05, 0) is 0 Å². The molecule has 3 rings (SSSR count). The maximum absolute atomic E-state index is 3.84. The Kier molecular flexibility index (Phi) is 4.89. The van der Waals surface area contributed by atoms with E-state index in [9.17, 15) is 0 Å². The quantitative estimate of drug-likeness (QED) is 0.682. The van der Waals surface area contributed by atoms with Crippen molar-refractivity contribution in [1.29, 1.82) is 0 Å². The van der Waals surface area contributed by atoms with Crippen molar-refractivity contribution < 1.29 is 18.6 Å². The summed E-state index contributed by atoms with van der Waals surface area (Å²) in [6.07, 6.45) is 5.38. The van der Waals surface area contributed by atoms with Gasteiger partial charge < -0.3 is 13.5 Å². The van der Waals surface area contributed by atoms with E-state index in [1.165, 1.54) is 22.3 Å². The van der Waals surface area contributed by atoms with Crippen LogP contribution in [0.25, 0.3) is 0 Å². The summed E-state index contributed by atoms with van der Waals surface area (Å²) in [5.41, 5.74) is 5.16. The molecule has 18 heavy (non-hydrogen) atoms. The van der Waals surface area contributed by atoms with Crippen molar-refractivity contribution in [1.82, 2.24) is 0 Å². The van der Waals surface area contributed by atoms with Crippen molar-refractivity contribution >= 4 is 0 Å². The Morgan fingerprint density at radius 3 is 1.78 bits per heavy atom. The first-order chi connectivity index (χ1) is 7.90. The Morgan fingerprint density at radius 2 is 1.33 bits per heavy atom. The third kappa shape index (κ3) is 2.27. The van der Waals surface area contributed by atoms with E-state index in [4.69, 9.17) is 0 Å². The van der Waals surface area contributed by atoms with Gasteiger partial charge in [0.1, 0.15) is 0 Å². The molecule has 2 aromatic rings. The molecule has 0 amide bonds. The van der Waals surface area contributed by atoms with Gasteiger partial charge in [0, 0.05) is 18.6 Å². The Bertz CT molecular complexity index is 497. The number of allylic oxidation sites excluding steroid dienone is 1. The largest absolute Gasteiger partial charge is 0.506 e. The van der Waals surface area contributed by atoms with E-state index in [-0.39, 0.29) is 31.9 Å². The molecule has 0 saturated carbocycles. The smallest absolute Gasteiger partial charge is 0 e. The Hall–Kier alpha value is -1.37. The molecule has 0 atom stereocenters. The van der Waals surface area contributed by atoms with Gasteiger partial charge in [-0.1, -0.05) is 36.4 Å². The molecule has 1 aliphatic carbocycles. The van der Waals surface area contributed by atoms with Gasteiger partial charge in [0.25, 0.3) is 0 Å². The average molecular weight is 270 g/mol. The van der Waals surface area contributed by atoms with Crippen LogP contribution in [0.5, 0.6) is 0 Å². The average Bonchev–Trinajstić information content (AvgIpc) is 2.36. The van der Waals surface area contributed by atoms with Crippen molar-refractivity contribution in [3.8, 4) is 0 Å². The fourth-order valence-electron chi connectivity index (χ4n) is 2.37. The van der Waals surface area contributed by atoms with E-state index >= 15 is 0 Å². The van der Waals surface area contributed by atoms with Crippen molar-refractivity contribution in [2.24, 2.45) is 0 Å². The maximum Gasteiger partial charge on any atom is 0 e. The molecule has 0 bridgehead atoms. The van der Waals surface area contributed by atoms with E-state index in [0.717, 1.165) is 0 Å². The summed E-state index contributed by atoms with van der Waals surface area (Å²) in [6.45, 7) is 3.84. The zero-order valence-electron chi connectivity index (χ0n) is 10.4. The van der Waals surface area contributed by atoms with Crippen LogP contribution >= 0.6 is 0 Å². The molecule has 0 nitrogen and oxygen atoms in total. The molecule has 2 aromatic carbocycles. The minimum atomic E-state index is 0. The van der Waals surface area contributed by atoms with Crippen LogP contribution in [0.15, 0.2) is 55.1 Å². The fourth-order valence-corrected chi connectivity index (χ4v) is 2.37. The molecular formula is C17H15V-3. The Labute approximate surface area is 122 Å². The van der Waals surface area contributed by atoms with Crippen LogP contribution in [0, 0.1) is 19.9 Å². The number of hydrogen-bond donors (Lipinski definition) is 0. The molecule has 0 fully saturated rings. The monoisotopic (exact) mass is 270 g/mol. The summed E-state index contributed by atoms with van der Waals surface area (Å²) < 4.78 is 0.